The monoisotopic (exact) mass is 356 g/mol. The van der Waals surface area contributed by atoms with Crippen molar-refractivity contribution in [2.24, 2.45) is 4.99 Å². The van der Waals surface area contributed by atoms with E-state index in [2.05, 4.69) is 27.0 Å². The smallest absolute Gasteiger partial charge is 0.237 e. The second-order valence-electron chi connectivity index (χ2n) is 4.21. The number of nitriles is 1. The van der Waals surface area contributed by atoms with E-state index in [1.807, 2.05) is 42.5 Å². The van der Waals surface area contributed by atoms with Crippen LogP contribution >= 0.6 is 27.3 Å². The summed E-state index contributed by atoms with van der Waals surface area (Å²) >= 11 is 4.97. The quantitative estimate of drug-likeness (QED) is 0.590. The van der Waals surface area contributed by atoms with Gasteiger partial charge >= 0.3 is 0 Å². The minimum absolute atomic E-state index is 0.334. The lowest BCUT2D eigenvalue weighted by Crippen LogP contribution is -1.71. The third kappa shape index (κ3) is 3.13. The van der Waals surface area contributed by atoms with Crippen LogP contribution in [0.2, 0.25) is 0 Å². The van der Waals surface area contributed by atoms with Gasteiger partial charge in [-0.05, 0) is 28.1 Å². The molecule has 1 aromatic carbocycles. The van der Waals surface area contributed by atoms with Crippen LogP contribution in [0.5, 0.6) is 0 Å². The molecule has 3 rings (SSSR count). The van der Waals surface area contributed by atoms with Crippen molar-refractivity contribution >= 4 is 39.4 Å². The van der Waals surface area contributed by atoms with E-state index in [-0.39, 0.29) is 0 Å². The van der Waals surface area contributed by atoms with Gasteiger partial charge in [0.25, 0.3) is 0 Å². The van der Waals surface area contributed by atoms with Gasteiger partial charge in [0.1, 0.15) is 17.4 Å². The molecule has 0 amide bonds. The van der Waals surface area contributed by atoms with Crippen molar-refractivity contribution in [1.82, 2.24) is 0 Å². The number of aliphatic imine (C=N–C) groups is 1. The fourth-order valence-electron chi connectivity index (χ4n) is 1.82. The van der Waals surface area contributed by atoms with Crippen LogP contribution in [0.25, 0.3) is 11.3 Å². The average Bonchev–Trinajstić information content (AvgIpc) is 3.12. The predicted octanol–water partition coefficient (Wildman–Crippen LogP) is 5.39. The van der Waals surface area contributed by atoms with Crippen LogP contribution in [0, 0.1) is 11.3 Å². The lowest BCUT2D eigenvalue weighted by atomic mass is 10.1. The zero-order valence-electron chi connectivity index (χ0n) is 10.8. The van der Waals surface area contributed by atoms with Crippen LogP contribution in [-0.2, 0) is 0 Å². The minimum atomic E-state index is 0.334. The molecule has 0 saturated carbocycles. The first-order chi connectivity index (χ1) is 10.3. The maximum Gasteiger partial charge on any atom is 0.237 e. The first-order valence-electron chi connectivity index (χ1n) is 6.15. The Morgan fingerprint density at radius 1 is 1.19 bits per heavy atom. The first kappa shape index (κ1) is 13.8. The molecule has 0 saturated heterocycles. The SMILES string of the molecule is N#Cc1cc(-c2ccccc2)oc1/N=C/c1ccc(Br)s1. The van der Waals surface area contributed by atoms with Crippen molar-refractivity contribution < 1.29 is 4.42 Å². The molecule has 0 aliphatic carbocycles. The van der Waals surface area contributed by atoms with Gasteiger partial charge in [0.15, 0.2) is 0 Å². The number of hydrogen-bond donors (Lipinski definition) is 0. The van der Waals surface area contributed by atoms with E-state index in [4.69, 9.17) is 4.42 Å². The summed E-state index contributed by atoms with van der Waals surface area (Å²) in [5.74, 6) is 0.979. The Labute approximate surface area is 134 Å². The molecule has 0 bridgehead atoms. The highest BCUT2D eigenvalue weighted by Crippen LogP contribution is 2.31. The van der Waals surface area contributed by atoms with Gasteiger partial charge in [0.05, 0.1) is 3.79 Å². The summed E-state index contributed by atoms with van der Waals surface area (Å²) in [4.78, 5) is 5.27. The van der Waals surface area contributed by atoms with Crippen LogP contribution < -0.4 is 0 Å². The second-order valence-corrected chi connectivity index (χ2v) is 6.70. The van der Waals surface area contributed by atoms with Crippen LogP contribution in [0.1, 0.15) is 10.4 Å². The third-order valence-corrected chi connectivity index (χ3v) is 4.35. The van der Waals surface area contributed by atoms with Crippen molar-refractivity contribution in [2.75, 3.05) is 0 Å². The molecule has 102 valence electrons. The van der Waals surface area contributed by atoms with Crippen molar-refractivity contribution in [3.63, 3.8) is 0 Å². The molecule has 2 aromatic heterocycles. The van der Waals surface area contributed by atoms with Crippen LogP contribution in [-0.4, -0.2) is 6.21 Å². The van der Waals surface area contributed by atoms with Crippen molar-refractivity contribution in [2.45, 2.75) is 0 Å². The van der Waals surface area contributed by atoms with Gasteiger partial charge in [0.2, 0.25) is 5.88 Å². The highest BCUT2D eigenvalue weighted by molar-refractivity contribution is 9.11. The Balaban J connectivity index is 1.94. The summed E-state index contributed by atoms with van der Waals surface area (Å²) in [6.45, 7) is 0. The maximum absolute atomic E-state index is 9.19. The van der Waals surface area contributed by atoms with Crippen molar-refractivity contribution in [3.8, 4) is 17.4 Å². The van der Waals surface area contributed by atoms with E-state index >= 15 is 0 Å². The molecule has 0 N–H and O–H groups in total. The number of thiophene rings is 1. The number of furan rings is 1. The highest BCUT2D eigenvalue weighted by Gasteiger charge is 2.11. The molecule has 3 nitrogen and oxygen atoms in total. The Hall–Kier alpha value is -2.16. The van der Waals surface area contributed by atoms with Gasteiger partial charge in [-0.2, -0.15) is 5.26 Å². The first-order valence-corrected chi connectivity index (χ1v) is 7.76. The molecule has 0 fully saturated rings. The van der Waals surface area contributed by atoms with E-state index in [1.165, 1.54) is 0 Å². The van der Waals surface area contributed by atoms with E-state index in [0.29, 0.717) is 17.2 Å². The summed E-state index contributed by atoms with van der Waals surface area (Å²) < 4.78 is 6.73. The van der Waals surface area contributed by atoms with Gasteiger partial charge < -0.3 is 4.42 Å². The number of benzene rings is 1. The molecule has 0 spiro atoms. The van der Waals surface area contributed by atoms with Crippen LogP contribution in [0.4, 0.5) is 5.88 Å². The predicted molar refractivity (Wildman–Crippen MR) is 88.1 cm³/mol. The lowest BCUT2D eigenvalue weighted by Gasteiger charge is -1.93. The van der Waals surface area contributed by atoms with Gasteiger partial charge in [-0.15, -0.1) is 11.3 Å². The van der Waals surface area contributed by atoms with Crippen LogP contribution in [0.3, 0.4) is 0 Å². The van der Waals surface area contributed by atoms with E-state index in [1.54, 1.807) is 23.6 Å². The molecule has 0 atom stereocenters. The Morgan fingerprint density at radius 2 is 2.00 bits per heavy atom. The van der Waals surface area contributed by atoms with Crippen molar-refractivity contribution in [3.05, 3.63) is 62.8 Å². The van der Waals surface area contributed by atoms with Gasteiger partial charge in [-0.3, -0.25) is 0 Å². The lowest BCUT2D eigenvalue weighted by molar-refractivity contribution is 0.592. The topological polar surface area (TPSA) is 49.3 Å². The van der Waals surface area contributed by atoms with Gasteiger partial charge in [-0.1, -0.05) is 30.3 Å². The minimum Gasteiger partial charge on any atom is -0.437 e. The molecule has 3 aromatic rings. The molecule has 0 aliphatic heterocycles. The fraction of sp³-hybridized carbons (Fsp3) is 0. The average molecular weight is 357 g/mol. The maximum atomic E-state index is 9.19. The molecule has 0 radical (unpaired) electrons. The summed E-state index contributed by atoms with van der Waals surface area (Å²) in [5.41, 5.74) is 1.36. The molecule has 5 heteroatoms. The largest absolute Gasteiger partial charge is 0.437 e. The molecule has 21 heavy (non-hydrogen) atoms. The zero-order valence-corrected chi connectivity index (χ0v) is 13.2. The second kappa shape index (κ2) is 6.08. The zero-order chi connectivity index (χ0) is 14.7. The van der Waals surface area contributed by atoms with Gasteiger partial charge in [0, 0.05) is 22.7 Å². The van der Waals surface area contributed by atoms with Crippen LogP contribution in [0.15, 0.2) is 61.7 Å². The van der Waals surface area contributed by atoms with E-state index in [0.717, 1.165) is 14.2 Å². The molecule has 2 heterocycles. The molecule has 0 aliphatic rings. The highest BCUT2D eigenvalue weighted by atomic mass is 79.9. The summed E-state index contributed by atoms with van der Waals surface area (Å²) in [6.07, 6.45) is 1.70. The number of hydrogen-bond acceptors (Lipinski definition) is 4. The number of nitrogens with zero attached hydrogens (tertiary/aromatic N) is 2. The standard InChI is InChI=1S/C16H9BrN2OS/c17-15-7-6-13(21-15)10-19-16-12(9-18)8-14(20-16)11-4-2-1-3-5-11/h1-8,10H/b19-10+. The summed E-state index contributed by atoms with van der Waals surface area (Å²) in [6, 6.07) is 17.4. The Kier molecular flexibility index (Phi) is 4.00. The third-order valence-electron chi connectivity index (χ3n) is 2.79. The van der Waals surface area contributed by atoms with E-state index in [9.17, 15) is 5.26 Å². The van der Waals surface area contributed by atoms with Gasteiger partial charge in [-0.25, -0.2) is 4.99 Å². The van der Waals surface area contributed by atoms with Crippen molar-refractivity contribution in [1.29, 1.82) is 5.26 Å². The van der Waals surface area contributed by atoms with E-state index < -0.39 is 0 Å². The molecular weight excluding hydrogens is 348 g/mol. The number of halogens is 1. The number of rotatable bonds is 3. The molecular formula is C16H9BrN2OS. The Morgan fingerprint density at radius 3 is 2.67 bits per heavy atom. The summed E-state index contributed by atoms with van der Waals surface area (Å²) in [5, 5.41) is 9.19. The normalized spacial score (nSPS) is 10.9. The molecule has 0 unspecified atom stereocenters. The summed E-state index contributed by atoms with van der Waals surface area (Å²) in [7, 11) is 0. The Bertz CT molecular complexity index is 828. The fourth-order valence-corrected chi connectivity index (χ4v) is 3.12.